The summed E-state index contributed by atoms with van der Waals surface area (Å²) in [6, 6.07) is 8.12. The van der Waals surface area contributed by atoms with Gasteiger partial charge in [-0.3, -0.25) is 0 Å². The van der Waals surface area contributed by atoms with Crippen LogP contribution in [0.5, 0.6) is 5.75 Å². The molecule has 0 unspecified atom stereocenters. The van der Waals surface area contributed by atoms with Crippen LogP contribution in [0, 0.1) is 0 Å². The average Bonchev–Trinajstić information content (AvgIpc) is 2.84. The standard InChI is InChI=1S/C14H18N2OS/c1-17-13-6-2-4-11(8-13)9-14-16-12(10-18-14)5-3-7-15/h2,4,6,8,10H,3,5,7,9,15H2,1H3. The summed E-state index contributed by atoms with van der Waals surface area (Å²) in [6.45, 7) is 0.725. The third-order valence-electron chi connectivity index (χ3n) is 2.73. The zero-order valence-electron chi connectivity index (χ0n) is 10.6. The maximum Gasteiger partial charge on any atom is 0.119 e. The van der Waals surface area contributed by atoms with Gasteiger partial charge in [-0.1, -0.05) is 12.1 Å². The molecule has 0 amide bonds. The maximum atomic E-state index is 5.50. The van der Waals surface area contributed by atoms with Gasteiger partial charge in [0.05, 0.1) is 17.8 Å². The normalized spacial score (nSPS) is 10.6. The van der Waals surface area contributed by atoms with E-state index >= 15 is 0 Å². The van der Waals surface area contributed by atoms with Crippen molar-refractivity contribution in [2.45, 2.75) is 19.3 Å². The summed E-state index contributed by atoms with van der Waals surface area (Å²) in [5.41, 5.74) is 7.89. The van der Waals surface area contributed by atoms with E-state index in [1.165, 1.54) is 5.56 Å². The number of thiazole rings is 1. The lowest BCUT2D eigenvalue weighted by molar-refractivity contribution is 0.414. The van der Waals surface area contributed by atoms with E-state index in [1.54, 1.807) is 18.4 Å². The van der Waals surface area contributed by atoms with Crippen LogP contribution in [0.25, 0.3) is 0 Å². The van der Waals surface area contributed by atoms with Gasteiger partial charge in [0.15, 0.2) is 0 Å². The van der Waals surface area contributed by atoms with Crippen LogP contribution in [-0.4, -0.2) is 18.6 Å². The fraction of sp³-hybridized carbons (Fsp3) is 0.357. The lowest BCUT2D eigenvalue weighted by atomic mass is 10.1. The molecule has 18 heavy (non-hydrogen) atoms. The Morgan fingerprint density at radius 2 is 2.28 bits per heavy atom. The molecule has 2 aromatic rings. The van der Waals surface area contributed by atoms with Crippen LogP contribution in [0.15, 0.2) is 29.6 Å². The largest absolute Gasteiger partial charge is 0.497 e. The SMILES string of the molecule is COc1cccc(Cc2nc(CCCN)cs2)c1. The molecule has 0 atom stereocenters. The molecule has 2 N–H and O–H groups in total. The van der Waals surface area contributed by atoms with Gasteiger partial charge in [0.2, 0.25) is 0 Å². The maximum absolute atomic E-state index is 5.50. The van der Waals surface area contributed by atoms with Crippen LogP contribution >= 0.6 is 11.3 Å². The molecule has 96 valence electrons. The van der Waals surface area contributed by atoms with E-state index in [2.05, 4.69) is 22.5 Å². The van der Waals surface area contributed by atoms with Gasteiger partial charge in [-0.25, -0.2) is 4.98 Å². The number of aromatic nitrogens is 1. The van der Waals surface area contributed by atoms with E-state index in [0.29, 0.717) is 0 Å². The van der Waals surface area contributed by atoms with E-state index in [1.807, 2.05) is 12.1 Å². The fourth-order valence-electron chi connectivity index (χ4n) is 1.79. The summed E-state index contributed by atoms with van der Waals surface area (Å²) in [5.74, 6) is 0.896. The number of hydrogen-bond acceptors (Lipinski definition) is 4. The van der Waals surface area contributed by atoms with Crippen molar-refractivity contribution in [3.8, 4) is 5.75 Å². The highest BCUT2D eigenvalue weighted by molar-refractivity contribution is 7.09. The molecule has 4 heteroatoms. The monoisotopic (exact) mass is 262 g/mol. The predicted octanol–water partition coefficient (Wildman–Crippen LogP) is 2.63. The molecule has 0 aliphatic heterocycles. The second-order valence-electron chi connectivity index (χ2n) is 4.15. The van der Waals surface area contributed by atoms with E-state index in [-0.39, 0.29) is 0 Å². The minimum Gasteiger partial charge on any atom is -0.497 e. The molecule has 0 saturated heterocycles. The molecule has 0 saturated carbocycles. The summed E-state index contributed by atoms with van der Waals surface area (Å²) in [5, 5.41) is 3.28. The van der Waals surface area contributed by atoms with Crippen LogP contribution in [0.4, 0.5) is 0 Å². The Balaban J connectivity index is 2.01. The van der Waals surface area contributed by atoms with Crippen LogP contribution in [-0.2, 0) is 12.8 Å². The van der Waals surface area contributed by atoms with Crippen molar-refractivity contribution in [1.82, 2.24) is 4.98 Å². The summed E-state index contributed by atoms with van der Waals surface area (Å²) < 4.78 is 5.22. The van der Waals surface area contributed by atoms with Crippen molar-refractivity contribution in [2.24, 2.45) is 5.73 Å². The van der Waals surface area contributed by atoms with Crippen molar-refractivity contribution in [3.63, 3.8) is 0 Å². The number of rotatable bonds is 6. The first-order chi connectivity index (χ1) is 8.81. The van der Waals surface area contributed by atoms with Crippen LogP contribution < -0.4 is 10.5 Å². The first kappa shape index (κ1) is 13.1. The van der Waals surface area contributed by atoms with Crippen molar-refractivity contribution in [1.29, 1.82) is 0 Å². The number of ether oxygens (including phenoxy) is 1. The third kappa shape index (κ3) is 3.55. The topological polar surface area (TPSA) is 48.1 Å². The van der Waals surface area contributed by atoms with Gasteiger partial charge in [0.1, 0.15) is 5.75 Å². The molecule has 1 aromatic carbocycles. The van der Waals surface area contributed by atoms with Crippen molar-refractivity contribution < 1.29 is 4.74 Å². The molecule has 0 spiro atoms. The lowest BCUT2D eigenvalue weighted by Gasteiger charge is -2.02. The highest BCUT2D eigenvalue weighted by Gasteiger charge is 2.04. The zero-order valence-corrected chi connectivity index (χ0v) is 11.4. The van der Waals surface area contributed by atoms with Gasteiger partial charge < -0.3 is 10.5 Å². The molecule has 2 rings (SSSR count). The van der Waals surface area contributed by atoms with Crippen molar-refractivity contribution in [3.05, 3.63) is 45.9 Å². The molecule has 1 heterocycles. The Hall–Kier alpha value is -1.39. The molecule has 3 nitrogen and oxygen atoms in total. The number of nitrogens with two attached hydrogens (primary N) is 1. The first-order valence-corrected chi connectivity index (χ1v) is 6.96. The number of nitrogens with zero attached hydrogens (tertiary/aromatic N) is 1. The molecular weight excluding hydrogens is 244 g/mol. The summed E-state index contributed by atoms with van der Waals surface area (Å²) in [7, 11) is 1.69. The highest BCUT2D eigenvalue weighted by Crippen LogP contribution is 2.19. The van der Waals surface area contributed by atoms with E-state index in [4.69, 9.17) is 10.5 Å². The summed E-state index contributed by atoms with van der Waals surface area (Å²) >= 11 is 1.72. The molecule has 0 fully saturated rings. The number of methoxy groups -OCH3 is 1. The fourth-order valence-corrected chi connectivity index (χ4v) is 2.65. The minimum atomic E-state index is 0.725. The van der Waals surface area contributed by atoms with Gasteiger partial charge in [-0.05, 0) is 37.1 Å². The smallest absolute Gasteiger partial charge is 0.119 e. The molecule has 0 bridgehead atoms. The second-order valence-corrected chi connectivity index (χ2v) is 5.10. The Morgan fingerprint density at radius 1 is 1.39 bits per heavy atom. The Labute approximate surface area is 112 Å². The lowest BCUT2D eigenvalue weighted by Crippen LogP contribution is -2.00. The van der Waals surface area contributed by atoms with Gasteiger partial charge in [-0.2, -0.15) is 0 Å². The Kier molecular flexibility index (Phi) is 4.73. The van der Waals surface area contributed by atoms with Crippen LogP contribution in [0.3, 0.4) is 0 Å². The van der Waals surface area contributed by atoms with Crippen molar-refractivity contribution in [2.75, 3.05) is 13.7 Å². The van der Waals surface area contributed by atoms with Gasteiger partial charge in [0, 0.05) is 11.8 Å². The quantitative estimate of drug-likeness (QED) is 0.870. The van der Waals surface area contributed by atoms with Gasteiger partial charge in [0.25, 0.3) is 0 Å². The Bertz CT molecular complexity index is 496. The average molecular weight is 262 g/mol. The first-order valence-electron chi connectivity index (χ1n) is 6.08. The second kappa shape index (κ2) is 6.52. The summed E-state index contributed by atoms with van der Waals surface area (Å²) in [6.07, 6.45) is 2.85. The molecule has 1 aromatic heterocycles. The van der Waals surface area contributed by atoms with E-state index < -0.39 is 0 Å². The van der Waals surface area contributed by atoms with E-state index in [9.17, 15) is 0 Å². The highest BCUT2D eigenvalue weighted by atomic mass is 32.1. The zero-order chi connectivity index (χ0) is 12.8. The van der Waals surface area contributed by atoms with Crippen molar-refractivity contribution >= 4 is 11.3 Å². The molecule has 0 aliphatic carbocycles. The molecule has 0 radical (unpaired) electrons. The molecular formula is C14H18N2OS. The number of aryl methyl sites for hydroxylation is 1. The molecule has 0 aliphatic rings. The number of benzene rings is 1. The van der Waals surface area contributed by atoms with Gasteiger partial charge in [-0.15, -0.1) is 11.3 Å². The number of hydrogen-bond donors (Lipinski definition) is 1. The summed E-state index contributed by atoms with van der Waals surface area (Å²) in [4.78, 5) is 4.62. The van der Waals surface area contributed by atoms with Crippen LogP contribution in [0.2, 0.25) is 0 Å². The van der Waals surface area contributed by atoms with Gasteiger partial charge >= 0.3 is 0 Å². The Morgan fingerprint density at radius 3 is 3.06 bits per heavy atom. The van der Waals surface area contributed by atoms with Crippen LogP contribution in [0.1, 0.15) is 22.7 Å². The van der Waals surface area contributed by atoms with E-state index in [0.717, 1.165) is 42.3 Å². The minimum absolute atomic E-state index is 0.725. The predicted molar refractivity (Wildman–Crippen MR) is 75.3 cm³/mol. The third-order valence-corrected chi connectivity index (χ3v) is 3.62.